The monoisotopic (exact) mass is 445 g/mol. The molecule has 0 saturated carbocycles. The molecule has 4 nitrogen and oxygen atoms in total. The quantitative estimate of drug-likeness (QED) is 0.315. The van der Waals surface area contributed by atoms with E-state index in [9.17, 15) is 9.59 Å². The number of thioether (sulfide) groups is 1. The van der Waals surface area contributed by atoms with Crippen molar-refractivity contribution in [2.45, 2.75) is 59.4 Å². The average molecular weight is 446 g/mol. The predicted octanol–water partition coefficient (Wildman–Crippen LogP) is 5.31. The second-order valence-corrected chi connectivity index (χ2v) is 9.32. The van der Waals surface area contributed by atoms with Crippen molar-refractivity contribution in [3.63, 3.8) is 0 Å². The maximum absolute atomic E-state index is 12.0. The molecule has 2 N–H and O–H groups in total. The van der Waals surface area contributed by atoms with Crippen molar-refractivity contribution >= 4 is 39.6 Å². The Labute approximate surface area is 170 Å². The molecule has 1 amide bonds. The minimum Gasteiger partial charge on any atom is -0.480 e. The summed E-state index contributed by atoms with van der Waals surface area (Å²) in [6, 6.07) is -0.837. The standard InChI is InChI=1S/C20H32BrNO3S/c1-15(7-6-8-16(2)21)9-12-20(3,4)13-10-18(23)22-17(19(24)25)11-14-26-5/h8-10,13,17H,6-7,11-12,14H2,1-5H3,(H,22,23)(H,24,25)/b13-10+,15-9+,16-8+/t17-/m0/s1. The Morgan fingerprint density at radius 3 is 2.46 bits per heavy atom. The summed E-state index contributed by atoms with van der Waals surface area (Å²) in [6.07, 6.45) is 12.8. The minimum absolute atomic E-state index is 0.169. The van der Waals surface area contributed by atoms with E-state index in [1.807, 2.05) is 19.3 Å². The zero-order valence-electron chi connectivity index (χ0n) is 16.5. The summed E-state index contributed by atoms with van der Waals surface area (Å²) in [5.74, 6) is -0.656. The van der Waals surface area contributed by atoms with E-state index < -0.39 is 12.0 Å². The van der Waals surface area contributed by atoms with Gasteiger partial charge in [-0.15, -0.1) is 0 Å². The summed E-state index contributed by atoms with van der Waals surface area (Å²) in [4.78, 5) is 23.2. The highest BCUT2D eigenvalue weighted by atomic mass is 79.9. The van der Waals surface area contributed by atoms with Crippen LogP contribution < -0.4 is 5.32 Å². The summed E-state index contributed by atoms with van der Waals surface area (Å²) < 4.78 is 1.15. The molecule has 1 atom stereocenters. The van der Waals surface area contributed by atoms with E-state index in [1.54, 1.807) is 11.8 Å². The molecule has 0 fully saturated rings. The van der Waals surface area contributed by atoms with Crippen molar-refractivity contribution in [3.8, 4) is 0 Å². The number of allylic oxidation sites excluding steroid dienone is 5. The molecule has 148 valence electrons. The van der Waals surface area contributed by atoms with Gasteiger partial charge in [-0.2, -0.15) is 11.8 Å². The number of nitrogens with one attached hydrogen (secondary N) is 1. The van der Waals surface area contributed by atoms with Crippen molar-refractivity contribution in [1.82, 2.24) is 5.32 Å². The van der Waals surface area contributed by atoms with Gasteiger partial charge in [0.2, 0.25) is 5.91 Å². The molecule has 0 unspecified atom stereocenters. The largest absolute Gasteiger partial charge is 0.480 e. The molecule has 0 rings (SSSR count). The van der Waals surface area contributed by atoms with Crippen molar-refractivity contribution in [2.75, 3.05) is 12.0 Å². The van der Waals surface area contributed by atoms with Gasteiger partial charge in [0, 0.05) is 0 Å². The van der Waals surface area contributed by atoms with Crippen molar-refractivity contribution in [2.24, 2.45) is 5.41 Å². The Balaban J connectivity index is 4.59. The fourth-order valence-electron chi connectivity index (χ4n) is 2.12. The van der Waals surface area contributed by atoms with Crippen LogP contribution in [-0.2, 0) is 9.59 Å². The van der Waals surface area contributed by atoms with Gasteiger partial charge in [0.15, 0.2) is 0 Å². The van der Waals surface area contributed by atoms with Gasteiger partial charge >= 0.3 is 5.97 Å². The molecule has 0 aliphatic rings. The fourth-order valence-corrected chi connectivity index (χ4v) is 2.82. The minimum atomic E-state index is -0.994. The second-order valence-electron chi connectivity index (χ2n) is 7.09. The van der Waals surface area contributed by atoms with E-state index in [0.29, 0.717) is 12.2 Å². The van der Waals surface area contributed by atoms with Crippen LogP contribution in [0.1, 0.15) is 53.4 Å². The number of aliphatic carboxylic acids is 1. The van der Waals surface area contributed by atoms with Crippen molar-refractivity contribution < 1.29 is 14.7 Å². The molecule has 0 aromatic rings. The molecule has 26 heavy (non-hydrogen) atoms. The van der Waals surface area contributed by atoms with Gasteiger partial charge in [-0.05, 0) is 67.5 Å². The van der Waals surface area contributed by atoms with Crippen LogP contribution in [0.2, 0.25) is 0 Å². The van der Waals surface area contributed by atoms with Crippen LogP contribution in [0, 0.1) is 5.41 Å². The maximum Gasteiger partial charge on any atom is 0.326 e. The first-order valence-electron chi connectivity index (χ1n) is 8.76. The van der Waals surface area contributed by atoms with E-state index in [-0.39, 0.29) is 11.3 Å². The third-order valence-corrected chi connectivity index (χ3v) is 4.82. The predicted molar refractivity (Wildman–Crippen MR) is 116 cm³/mol. The highest BCUT2D eigenvalue weighted by Gasteiger charge is 2.19. The van der Waals surface area contributed by atoms with Crippen LogP contribution in [0.3, 0.4) is 0 Å². The van der Waals surface area contributed by atoms with Gasteiger partial charge in [0.25, 0.3) is 0 Å². The van der Waals surface area contributed by atoms with Gasteiger partial charge in [-0.1, -0.05) is 53.6 Å². The molecule has 0 spiro atoms. The number of rotatable bonds is 12. The SMILES string of the molecule is CSCC[C@H](NC(=O)/C=C/C(C)(C)C/C=C(\C)CC/C=C(\C)Br)C(=O)O. The van der Waals surface area contributed by atoms with E-state index in [0.717, 1.165) is 23.7 Å². The lowest BCUT2D eigenvalue weighted by atomic mass is 9.87. The number of carbonyl (C=O) groups is 2. The number of amides is 1. The molecular weight excluding hydrogens is 414 g/mol. The average Bonchev–Trinajstić information content (AvgIpc) is 2.54. The number of halogens is 1. The van der Waals surface area contributed by atoms with Crippen molar-refractivity contribution in [1.29, 1.82) is 0 Å². The highest BCUT2D eigenvalue weighted by Crippen LogP contribution is 2.24. The summed E-state index contributed by atoms with van der Waals surface area (Å²) >= 11 is 4.99. The first kappa shape index (κ1) is 25.0. The molecule has 0 saturated heterocycles. The smallest absolute Gasteiger partial charge is 0.326 e. The second kappa shape index (κ2) is 13.2. The van der Waals surface area contributed by atoms with Gasteiger partial charge in [-0.3, -0.25) is 4.79 Å². The van der Waals surface area contributed by atoms with Crippen LogP contribution >= 0.6 is 27.7 Å². The van der Waals surface area contributed by atoms with E-state index in [1.165, 1.54) is 11.6 Å². The zero-order chi connectivity index (χ0) is 20.2. The number of hydrogen-bond acceptors (Lipinski definition) is 3. The summed E-state index contributed by atoms with van der Waals surface area (Å²) in [6.45, 7) is 8.26. The van der Waals surface area contributed by atoms with Gasteiger partial charge in [0.1, 0.15) is 6.04 Å². The number of hydrogen-bond donors (Lipinski definition) is 2. The van der Waals surface area contributed by atoms with Gasteiger partial charge in [-0.25, -0.2) is 4.79 Å². The van der Waals surface area contributed by atoms with E-state index in [2.05, 4.69) is 54.2 Å². The Kier molecular flexibility index (Phi) is 12.7. The highest BCUT2D eigenvalue weighted by molar-refractivity contribution is 9.11. The van der Waals surface area contributed by atoms with Crippen LogP contribution in [-0.4, -0.2) is 35.0 Å². The summed E-state index contributed by atoms with van der Waals surface area (Å²) in [5, 5.41) is 11.7. The first-order valence-corrected chi connectivity index (χ1v) is 11.0. The van der Waals surface area contributed by atoms with Crippen molar-refractivity contribution in [3.05, 3.63) is 34.4 Å². The molecule has 0 aliphatic carbocycles. The Hall–Kier alpha value is -1.01. The van der Waals surface area contributed by atoms with Gasteiger partial charge < -0.3 is 10.4 Å². The third kappa shape index (κ3) is 13.2. The Morgan fingerprint density at radius 2 is 1.92 bits per heavy atom. The topological polar surface area (TPSA) is 66.4 Å². The van der Waals surface area contributed by atoms with Crippen LogP contribution in [0.5, 0.6) is 0 Å². The third-order valence-electron chi connectivity index (χ3n) is 3.85. The zero-order valence-corrected chi connectivity index (χ0v) is 18.9. The lowest BCUT2D eigenvalue weighted by Crippen LogP contribution is -2.40. The molecule has 0 bridgehead atoms. The fraction of sp³-hybridized carbons (Fsp3) is 0.600. The molecular formula is C20H32BrNO3S. The number of carbonyl (C=O) groups excluding carboxylic acids is 1. The Bertz CT molecular complexity index is 549. The summed E-state index contributed by atoms with van der Waals surface area (Å²) in [7, 11) is 0. The van der Waals surface area contributed by atoms with E-state index in [4.69, 9.17) is 5.11 Å². The van der Waals surface area contributed by atoms with Crippen LogP contribution in [0.15, 0.2) is 34.4 Å². The summed E-state index contributed by atoms with van der Waals surface area (Å²) in [5.41, 5.74) is 1.15. The normalized spacial score (nSPS) is 14.5. The van der Waals surface area contributed by atoms with Gasteiger partial charge in [0.05, 0.1) is 0 Å². The number of carboxylic acid groups (broad SMARTS) is 1. The molecule has 6 heteroatoms. The van der Waals surface area contributed by atoms with Crippen LogP contribution in [0.25, 0.3) is 0 Å². The molecule has 0 aromatic carbocycles. The molecule has 0 radical (unpaired) electrons. The number of carboxylic acids is 1. The first-order chi connectivity index (χ1) is 12.1. The van der Waals surface area contributed by atoms with Crippen LogP contribution in [0.4, 0.5) is 0 Å². The lowest BCUT2D eigenvalue weighted by molar-refractivity contribution is -0.141. The molecule has 0 aromatic heterocycles. The lowest BCUT2D eigenvalue weighted by Gasteiger charge is -2.19. The molecule has 0 aliphatic heterocycles. The maximum atomic E-state index is 12.0. The molecule has 0 heterocycles. The Morgan fingerprint density at radius 1 is 1.27 bits per heavy atom. The van der Waals surface area contributed by atoms with E-state index >= 15 is 0 Å².